The van der Waals surface area contributed by atoms with Gasteiger partial charge in [0.1, 0.15) is 12.4 Å². The number of halogens is 3. The molecule has 34 heavy (non-hydrogen) atoms. The predicted octanol–water partition coefficient (Wildman–Crippen LogP) is 6.62. The van der Waals surface area contributed by atoms with Crippen LogP contribution in [0.4, 0.5) is 5.82 Å². The highest BCUT2D eigenvalue weighted by molar-refractivity contribution is 6.35. The normalized spacial score (nSPS) is 11.4. The first kappa shape index (κ1) is 26.1. The molecule has 9 heteroatoms. The van der Waals surface area contributed by atoms with Crippen LogP contribution in [0.1, 0.15) is 50.2 Å². The molecular weight excluding hydrogens is 495 g/mol. The molecule has 3 rings (SSSR count). The third-order valence-electron chi connectivity index (χ3n) is 5.05. The van der Waals surface area contributed by atoms with Crippen LogP contribution >= 0.6 is 34.8 Å². The summed E-state index contributed by atoms with van der Waals surface area (Å²) in [5.41, 5.74) is 1.51. The summed E-state index contributed by atoms with van der Waals surface area (Å²) in [5, 5.41) is 8.81. The molecular formula is C25H27Cl3N4O2. The fourth-order valence-corrected chi connectivity index (χ4v) is 4.12. The van der Waals surface area contributed by atoms with Crippen molar-refractivity contribution in [1.29, 1.82) is 0 Å². The third-order valence-corrected chi connectivity index (χ3v) is 5.81. The lowest BCUT2D eigenvalue weighted by molar-refractivity contribution is -0.116. The molecule has 0 bridgehead atoms. The van der Waals surface area contributed by atoms with Crippen LogP contribution in [0, 0.1) is 0 Å². The number of para-hydroxylation sites is 1. The quantitative estimate of drug-likeness (QED) is 0.380. The summed E-state index contributed by atoms with van der Waals surface area (Å²) in [5.74, 6) is -0.210. The fourth-order valence-electron chi connectivity index (χ4n) is 3.38. The van der Waals surface area contributed by atoms with Gasteiger partial charge in [-0.15, -0.1) is 0 Å². The first-order valence-corrected chi connectivity index (χ1v) is 12.0. The zero-order chi connectivity index (χ0) is 25.0. The standard InChI is InChI=1S/C25H27Cl3N4O2/c1-5-10-31(24(34)16-11-17(26)13-18(27)12-16)15-23(33)29-22-14-21(25(2,3)4)30-32(22)20-9-7-6-8-19(20)28/h6-9,11-14H,5,10,15H2,1-4H3,(H,29,33). The third kappa shape index (κ3) is 6.32. The first-order valence-electron chi connectivity index (χ1n) is 10.9. The highest BCUT2D eigenvalue weighted by Crippen LogP contribution is 2.29. The largest absolute Gasteiger partial charge is 0.329 e. The smallest absolute Gasteiger partial charge is 0.254 e. The van der Waals surface area contributed by atoms with Gasteiger partial charge in [0.15, 0.2) is 0 Å². The number of nitrogens with zero attached hydrogens (tertiary/aromatic N) is 3. The van der Waals surface area contributed by atoms with Gasteiger partial charge in [-0.05, 0) is 36.8 Å². The molecule has 0 saturated carbocycles. The van der Waals surface area contributed by atoms with E-state index in [4.69, 9.17) is 39.9 Å². The zero-order valence-corrected chi connectivity index (χ0v) is 21.8. The minimum atomic E-state index is -0.358. The van der Waals surface area contributed by atoms with Crippen molar-refractivity contribution in [3.8, 4) is 5.69 Å². The summed E-state index contributed by atoms with van der Waals surface area (Å²) >= 11 is 18.5. The van der Waals surface area contributed by atoms with E-state index in [0.717, 1.165) is 5.69 Å². The van der Waals surface area contributed by atoms with Crippen LogP contribution in [0.5, 0.6) is 0 Å². The molecule has 2 amide bonds. The van der Waals surface area contributed by atoms with Gasteiger partial charge in [-0.1, -0.05) is 74.6 Å². The number of aromatic nitrogens is 2. The molecule has 3 aromatic rings. The fraction of sp³-hybridized carbons (Fsp3) is 0.320. The highest BCUT2D eigenvalue weighted by Gasteiger charge is 2.24. The van der Waals surface area contributed by atoms with Crippen LogP contribution in [0.15, 0.2) is 48.5 Å². The van der Waals surface area contributed by atoms with Crippen molar-refractivity contribution in [2.75, 3.05) is 18.4 Å². The number of carbonyl (C=O) groups is 2. The summed E-state index contributed by atoms with van der Waals surface area (Å²) in [4.78, 5) is 27.6. The number of benzene rings is 2. The van der Waals surface area contributed by atoms with E-state index >= 15 is 0 Å². The molecule has 180 valence electrons. The Labute approximate surface area is 214 Å². The second kappa shape index (κ2) is 10.8. The lowest BCUT2D eigenvalue weighted by Gasteiger charge is -2.22. The van der Waals surface area contributed by atoms with Gasteiger partial charge >= 0.3 is 0 Å². The predicted molar refractivity (Wildman–Crippen MR) is 139 cm³/mol. The Hall–Kier alpha value is -2.54. The van der Waals surface area contributed by atoms with Gasteiger partial charge in [-0.25, -0.2) is 4.68 Å². The van der Waals surface area contributed by atoms with Gasteiger partial charge in [-0.3, -0.25) is 9.59 Å². The second-order valence-electron chi connectivity index (χ2n) is 8.96. The van der Waals surface area contributed by atoms with Crippen molar-refractivity contribution in [3.63, 3.8) is 0 Å². The number of amides is 2. The maximum Gasteiger partial charge on any atom is 0.254 e. The second-order valence-corrected chi connectivity index (χ2v) is 10.2. The van der Waals surface area contributed by atoms with Gasteiger partial charge in [0.05, 0.1) is 16.4 Å². The van der Waals surface area contributed by atoms with Crippen LogP contribution in [0.2, 0.25) is 15.1 Å². The molecule has 1 N–H and O–H groups in total. The number of hydrogen-bond donors (Lipinski definition) is 1. The molecule has 0 aliphatic heterocycles. The average Bonchev–Trinajstić information content (AvgIpc) is 3.16. The number of nitrogens with one attached hydrogen (secondary N) is 1. The van der Waals surface area contributed by atoms with Crippen molar-refractivity contribution in [2.45, 2.75) is 39.5 Å². The molecule has 2 aromatic carbocycles. The number of anilines is 1. The lowest BCUT2D eigenvalue weighted by atomic mass is 9.92. The minimum absolute atomic E-state index is 0.143. The SMILES string of the molecule is CCCN(CC(=O)Nc1cc(C(C)(C)C)nn1-c1ccccc1Cl)C(=O)c1cc(Cl)cc(Cl)c1. The molecule has 1 heterocycles. The van der Waals surface area contributed by atoms with Gasteiger partial charge in [-0.2, -0.15) is 5.10 Å². The van der Waals surface area contributed by atoms with Crippen LogP contribution in [0.3, 0.4) is 0 Å². The van der Waals surface area contributed by atoms with Crippen molar-refractivity contribution >= 4 is 52.4 Å². The molecule has 0 spiro atoms. The molecule has 0 aliphatic rings. The molecule has 6 nitrogen and oxygen atoms in total. The van der Waals surface area contributed by atoms with E-state index in [1.807, 2.05) is 52.0 Å². The Morgan fingerprint density at radius 1 is 1.03 bits per heavy atom. The Balaban J connectivity index is 1.88. The van der Waals surface area contributed by atoms with E-state index in [0.29, 0.717) is 45.1 Å². The van der Waals surface area contributed by atoms with Crippen LogP contribution in [-0.4, -0.2) is 39.6 Å². The van der Waals surface area contributed by atoms with Crippen molar-refractivity contribution in [1.82, 2.24) is 14.7 Å². The van der Waals surface area contributed by atoms with Gasteiger partial charge in [0.25, 0.3) is 5.91 Å². The highest BCUT2D eigenvalue weighted by atomic mass is 35.5. The summed E-state index contributed by atoms with van der Waals surface area (Å²) in [7, 11) is 0. The van der Waals surface area contributed by atoms with Crippen molar-refractivity contribution in [3.05, 3.63) is 74.9 Å². The van der Waals surface area contributed by atoms with Gasteiger partial charge in [0.2, 0.25) is 5.91 Å². The number of carbonyl (C=O) groups excluding carboxylic acids is 2. The average molecular weight is 522 g/mol. The van der Waals surface area contributed by atoms with E-state index in [1.165, 1.54) is 4.90 Å². The first-order chi connectivity index (χ1) is 16.0. The van der Waals surface area contributed by atoms with Gasteiger partial charge < -0.3 is 10.2 Å². The number of rotatable bonds is 7. The van der Waals surface area contributed by atoms with E-state index in [1.54, 1.807) is 28.9 Å². The van der Waals surface area contributed by atoms with Crippen molar-refractivity contribution < 1.29 is 9.59 Å². The maximum atomic E-state index is 13.1. The summed E-state index contributed by atoms with van der Waals surface area (Å²) in [6, 6.07) is 13.7. The molecule has 0 radical (unpaired) electrons. The Kier molecular flexibility index (Phi) is 8.29. The van der Waals surface area contributed by atoms with Crippen LogP contribution in [-0.2, 0) is 10.2 Å². The van der Waals surface area contributed by atoms with E-state index in [2.05, 4.69) is 5.32 Å². The molecule has 0 atom stereocenters. The number of hydrogen-bond acceptors (Lipinski definition) is 3. The molecule has 0 saturated heterocycles. The molecule has 0 unspecified atom stereocenters. The van der Waals surface area contributed by atoms with Crippen molar-refractivity contribution in [2.24, 2.45) is 0 Å². The van der Waals surface area contributed by atoms with E-state index in [-0.39, 0.29) is 23.8 Å². The summed E-state index contributed by atoms with van der Waals surface area (Å²) < 4.78 is 1.61. The zero-order valence-electron chi connectivity index (χ0n) is 19.5. The Morgan fingerprint density at radius 3 is 2.26 bits per heavy atom. The molecule has 0 fully saturated rings. The van der Waals surface area contributed by atoms with Crippen LogP contribution < -0.4 is 5.32 Å². The minimum Gasteiger partial charge on any atom is -0.329 e. The van der Waals surface area contributed by atoms with E-state index < -0.39 is 0 Å². The lowest BCUT2D eigenvalue weighted by Crippen LogP contribution is -2.38. The van der Waals surface area contributed by atoms with Gasteiger partial charge in [0, 0.05) is 33.6 Å². The Bertz CT molecular complexity index is 1180. The maximum absolute atomic E-state index is 13.1. The summed E-state index contributed by atoms with van der Waals surface area (Å²) in [6.07, 6.45) is 0.680. The molecule has 0 aliphatic carbocycles. The van der Waals surface area contributed by atoms with E-state index in [9.17, 15) is 9.59 Å². The van der Waals surface area contributed by atoms with Crippen LogP contribution in [0.25, 0.3) is 5.69 Å². The Morgan fingerprint density at radius 2 is 1.68 bits per heavy atom. The molecule has 1 aromatic heterocycles. The topological polar surface area (TPSA) is 67.2 Å². The monoisotopic (exact) mass is 520 g/mol. The summed E-state index contributed by atoms with van der Waals surface area (Å²) in [6.45, 7) is 8.30.